The summed E-state index contributed by atoms with van der Waals surface area (Å²) in [4.78, 5) is 37.1. The average Bonchev–Trinajstić information content (AvgIpc) is 2.81. The predicted octanol–water partition coefficient (Wildman–Crippen LogP) is 3.81. The topological polar surface area (TPSA) is 110 Å². The number of carbonyl (C=O) groups excluding carboxylic acids is 2. The Balaban J connectivity index is 1.76. The van der Waals surface area contributed by atoms with Gasteiger partial charge in [-0.3, -0.25) is 9.59 Å². The Labute approximate surface area is 198 Å². The number of hydrogen-bond acceptors (Lipinski definition) is 5. The molecule has 3 N–H and O–H groups in total. The lowest BCUT2D eigenvalue weighted by Crippen LogP contribution is -2.36. The van der Waals surface area contributed by atoms with Crippen LogP contribution in [0, 0.1) is 6.92 Å². The van der Waals surface area contributed by atoms with Crippen molar-refractivity contribution >= 4 is 17.7 Å². The van der Waals surface area contributed by atoms with E-state index in [9.17, 15) is 19.5 Å². The molecule has 2 aromatic carbocycles. The minimum Gasteiger partial charge on any atom is -0.505 e. The van der Waals surface area contributed by atoms with Crippen molar-refractivity contribution < 1.29 is 19.4 Å². The lowest BCUT2D eigenvalue weighted by Gasteiger charge is -2.19. The second-order valence-corrected chi connectivity index (χ2v) is 8.06. The number of anilines is 1. The summed E-state index contributed by atoms with van der Waals surface area (Å²) >= 11 is 0. The first-order valence-corrected chi connectivity index (χ1v) is 11.0. The molecule has 1 aromatic heterocycles. The monoisotopic (exact) mass is 463 g/mol. The highest BCUT2D eigenvalue weighted by atomic mass is 16.5. The maximum Gasteiger partial charge on any atom is 0.319 e. The van der Waals surface area contributed by atoms with Crippen molar-refractivity contribution in [3.8, 4) is 5.75 Å². The van der Waals surface area contributed by atoms with Gasteiger partial charge in [0.25, 0.3) is 5.56 Å². The van der Waals surface area contributed by atoms with Crippen LogP contribution in [0.4, 0.5) is 10.5 Å². The molecule has 34 heavy (non-hydrogen) atoms. The van der Waals surface area contributed by atoms with E-state index < -0.39 is 23.6 Å². The van der Waals surface area contributed by atoms with Gasteiger partial charge < -0.3 is 25.0 Å². The molecule has 0 aliphatic carbocycles. The molecule has 0 aliphatic rings. The van der Waals surface area contributed by atoms with Crippen LogP contribution in [0.15, 0.2) is 65.6 Å². The van der Waals surface area contributed by atoms with Crippen molar-refractivity contribution in [2.75, 3.05) is 11.9 Å². The van der Waals surface area contributed by atoms with Crippen LogP contribution in [0.1, 0.15) is 41.6 Å². The fraction of sp³-hybridized carbons (Fsp3) is 0.269. The van der Waals surface area contributed by atoms with E-state index >= 15 is 0 Å². The number of aromatic hydroxyl groups is 1. The van der Waals surface area contributed by atoms with Gasteiger partial charge in [0.2, 0.25) is 0 Å². The third-order valence-electron chi connectivity index (χ3n) is 5.38. The number of aromatic nitrogens is 1. The number of nitrogens with one attached hydrogen (secondary N) is 2. The Morgan fingerprint density at radius 2 is 1.65 bits per heavy atom. The zero-order valence-corrected chi connectivity index (χ0v) is 19.5. The maximum atomic E-state index is 12.7. The Kier molecular flexibility index (Phi) is 8.08. The first-order chi connectivity index (χ1) is 16.3. The molecule has 0 spiro atoms. The van der Waals surface area contributed by atoms with Gasteiger partial charge in [0.15, 0.2) is 5.69 Å². The smallest absolute Gasteiger partial charge is 0.319 e. The molecule has 0 saturated heterocycles. The molecule has 3 rings (SSSR count). The quantitative estimate of drug-likeness (QED) is 0.440. The third-order valence-corrected chi connectivity index (χ3v) is 5.38. The van der Waals surface area contributed by atoms with Gasteiger partial charge in [0.05, 0.1) is 19.1 Å². The van der Waals surface area contributed by atoms with Gasteiger partial charge in [-0.05, 0) is 43.0 Å². The predicted molar refractivity (Wildman–Crippen MR) is 130 cm³/mol. The van der Waals surface area contributed by atoms with E-state index in [4.69, 9.17) is 4.74 Å². The van der Waals surface area contributed by atoms with Crippen LogP contribution >= 0.6 is 0 Å². The van der Waals surface area contributed by atoms with E-state index in [0.29, 0.717) is 5.56 Å². The van der Waals surface area contributed by atoms with E-state index in [1.54, 1.807) is 6.92 Å². The molecule has 0 radical (unpaired) electrons. The normalized spacial score (nSPS) is 11.5. The van der Waals surface area contributed by atoms with Gasteiger partial charge in [-0.2, -0.15) is 0 Å². The minimum absolute atomic E-state index is 0.0860. The summed E-state index contributed by atoms with van der Waals surface area (Å²) in [6.45, 7) is 3.98. The Morgan fingerprint density at radius 1 is 1.03 bits per heavy atom. The fourth-order valence-electron chi connectivity index (χ4n) is 3.49. The number of benzene rings is 2. The standard InChI is InChI=1S/C26H29N3O5/c1-4-34-23(31)16-21(27-26(33)28-24-22(30)13-14-29(3)25(24)32)20-11-9-19(10-12-20)15-18-7-5-17(2)6-8-18/h5-14,21,30H,4,15-16H2,1-3H3,(H2,27,28,33). The Morgan fingerprint density at radius 3 is 2.26 bits per heavy atom. The van der Waals surface area contributed by atoms with Crippen molar-refractivity contribution in [2.24, 2.45) is 7.05 Å². The summed E-state index contributed by atoms with van der Waals surface area (Å²) < 4.78 is 6.29. The zero-order chi connectivity index (χ0) is 24.7. The Bertz CT molecular complexity index is 1200. The number of pyridine rings is 1. The van der Waals surface area contributed by atoms with E-state index in [-0.39, 0.29) is 24.5 Å². The lowest BCUT2D eigenvalue weighted by molar-refractivity contribution is -0.143. The first-order valence-electron chi connectivity index (χ1n) is 11.0. The third kappa shape index (κ3) is 6.48. The summed E-state index contributed by atoms with van der Waals surface area (Å²) in [5.41, 5.74) is 3.38. The molecule has 0 fully saturated rings. The lowest BCUT2D eigenvalue weighted by atomic mass is 9.99. The number of nitrogens with zero attached hydrogens (tertiary/aromatic N) is 1. The van der Waals surface area contributed by atoms with Crippen molar-refractivity contribution in [3.63, 3.8) is 0 Å². The summed E-state index contributed by atoms with van der Waals surface area (Å²) in [7, 11) is 1.51. The molecular weight excluding hydrogens is 434 g/mol. The first kappa shape index (κ1) is 24.6. The van der Waals surface area contributed by atoms with Crippen LogP contribution in [-0.2, 0) is 23.0 Å². The number of rotatable bonds is 8. The van der Waals surface area contributed by atoms with Crippen molar-refractivity contribution in [2.45, 2.75) is 32.7 Å². The van der Waals surface area contributed by atoms with E-state index in [1.165, 1.54) is 35.0 Å². The molecule has 3 aromatic rings. The molecule has 0 bridgehead atoms. The molecule has 2 amide bonds. The van der Waals surface area contributed by atoms with E-state index in [2.05, 4.69) is 34.9 Å². The van der Waals surface area contributed by atoms with Crippen LogP contribution in [0.25, 0.3) is 0 Å². The maximum absolute atomic E-state index is 12.7. The van der Waals surface area contributed by atoms with Crippen LogP contribution < -0.4 is 16.2 Å². The average molecular weight is 464 g/mol. The summed E-state index contributed by atoms with van der Waals surface area (Å²) in [6, 6.07) is 15.8. The van der Waals surface area contributed by atoms with E-state index in [0.717, 1.165) is 12.0 Å². The molecule has 0 aliphatic heterocycles. The second kappa shape index (κ2) is 11.2. The minimum atomic E-state index is -0.725. The molecule has 8 heteroatoms. The molecular formula is C26H29N3O5. The molecule has 1 unspecified atom stereocenters. The highest BCUT2D eigenvalue weighted by Crippen LogP contribution is 2.21. The summed E-state index contributed by atoms with van der Waals surface area (Å²) in [5, 5.41) is 15.1. The van der Waals surface area contributed by atoms with E-state index in [1.807, 2.05) is 31.2 Å². The number of esters is 1. The molecule has 0 saturated carbocycles. The molecule has 1 heterocycles. The van der Waals surface area contributed by atoms with Crippen LogP contribution in [0.3, 0.4) is 0 Å². The SMILES string of the molecule is CCOC(=O)CC(NC(=O)Nc1c(O)ccn(C)c1=O)c1ccc(Cc2ccc(C)cc2)cc1. The summed E-state index contributed by atoms with van der Waals surface area (Å²) in [5.74, 6) is -0.810. The number of hydrogen-bond donors (Lipinski definition) is 3. The molecule has 1 atom stereocenters. The largest absolute Gasteiger partial charge is 0.505 e. The van der Waals surface area contributed by atoms with Crippen LogP contribution in [-0.4, -0.2) is 28.3 Å². The Hall–Kier alpha value is -4.07. The number of urea groups is 1. The molecule has 8 nitrogen and oxygen atoms in total. The van der Waals surface area contributed by atoms with Gasteiger partial charge in [-0.15, -0.1) is 0 Å². The molecule has 178 valence electrons. The van der Waals surface area contributed by atoms with Gasteiger partial charge in [-0.25, -0.2) is 4.79 Å². The number of aryl methyl sites for hydroxylation is 2. The highest BCUT2D eigenvalue weighted by molar-refractivity contribution is 5.91. The zero-order valence-electron chi connectivity index (χ0n) is 19.5. The number of carbonyl (C=O) groups is 2. The fourth-order valence-corrected chi connectivity index (χ4v) is 3.49. The van der Waals surface area contributed by atoms with Gasteiger partial charge in [-0.1, -0.05) is 54.1 Å². The number of amides is 2. The van der Waals surface area contributed by atoms with Crippen molar-refractivity contribution in [1.29, 1.82) is 0 Å². The number of ether oxygens (including phenoxy) is 1. The van der Waals surface area contributed by atoms with Gasteiger partial charge >= 0.3 is 12.0 Å². The van der Waals surface area contributed by atoms with Crippen molar-refractivity contribution in [1.82, 2.24) is 9.88 Å². The van der Waals surface area contributed by atoms with Crippen LogP contribution in [0.2, 0.25) is 0 Å². The van der Waals surface area contributed by atoms with Gasteiger partial charge in [0, 0.05) is 13.2 Å². The van der Waals surface area contributed by atoms with Crippen LogP contribution in [0.5, 0.6) is 5.75 Å². The summed E-state index contributed by atoms with van der Waals surface area (Å²) in [6.07, 6.45) is 2.06. The van der Waals surface area contributed by atoms with Gasteiger partial charge in [0.1, 0.15) is 5.75 Å². The highest BCUT2D eigenvalue weighted by Gasteiger charge is 2.21. The van der Waals surface area contributed by atoms with Crippen molar-refractivity contribution in [3.05, 3.63) is 93.4 Å². The second-order valence-electron chi connectivity index (χ2n) is 8.06.